The first-order valence-corrected chi connectivity index (χ1v) is 4.30. The van der Waals surface area contributed by atoms with E-state index >= 15 is 0 Å². The minimum atomic E-state index is -0.860. The Morgan fingerprint density at radius 1 is 1.47 bits per heavy atom. The maximum absolute atomic E-state index is 10.9. The Balaban J connectivity index is 0. The topological polar surface area (TPSA) is 69.6 Å². The smallest absolute Gasteiger partial charge is 0.317 e. The first kappa shape index (κ1) is 16.9. The number of carbonyl (C=O) groups is 2. The number of carboxylic acid groups (broad SMARTS) is 1. The number of hydrogen-bond acceptors (Lipinski definition) is 3. The van der Waals surface area contributed by atoms with Gasteiger partial charge in [0.1, 0.15) is 0 Å². The third-order valence-corrected chi connectivity index (χ3v) is 2.18. The van der Waals surface area contributed by atoms with Crippen molar-refractivity contribution in [1.82, 2.24) is 10.2 Å². The summed E-state index contributed by atoms with van der Waals surface area (Å²) in [5, 5.41) is 11.3. The van der Waals surface area contributed by atoms with Gasteiger partial charge in [-0.1, -0.05) is 0 Å². The normalized spacial score (nSPS) is 19.0. The number of carbonyl (C=O) groups excluding carboxylic acids is 1. The summed E-state index contributed by atoms with van der Waals surface area (Å²) >= 11 is 0. The second-order valence-corrected chi connectivity index (χ2v) is 3.23. The van der Waals surface area contributed by atoms with Crippen LogP contribution in [0, 0.1) is 0 Å². The molecule has 0 bridgehead atoms. The molecule has 5 nitrogen and oxygen atoms in total. The number of rotatable bonds is 3. The molecule has 0 spiro atoms. The number of carboxylic acids is 1. The quantitative estimate of drug-likeness (QED) is 0.755. The van der Waals surface area contributed by atoms with Crippen LogP contribution in [0.25, 0.3) is 0 Å². The molecule has 90 valence electrons. The second-order valence-electron chi connectivity index (χ2n) is 3.23. The summed E-state index contributed by atoms with van der Waals surface area (Å²) in [4.78, 5) is 22.9. The number of amides is 1. The van der Waals surface area contributed by atoms with E-state index in [1.54, 1.807) is 4.90 Å². The lowest BCUT2D eigenvalue weighted by Crippen LogP contribution is -2.36. The molecule has 0 radical (unpaired) electrons. The van der Waals surface area contributed by atoms with Crippen molar-refractivity contribution in [3.63, 3.8) is 0 Å². The first-order chi connectivity index (χ1) is 6.09. The molecule has 15 heavy (non-hydrogen) atoms. The summed E-state index contributed by atoms with van der Waals surface area (Å²) in [5.74, 6) is -0.805. The summed E-state index contributed by atoms with van der Waals surface area (Å²) in [6.07, 6.45) is 0.840. The molecule has 0 aliphatic carbocycles. The lowest BCUT2D eigenvalue weighted by Gasteiger charge is -2.13. The van der Waals surface area contributed by atoms with E-state index in [4.69, 9.17) is 5.11 Å². The SMILES string of the molecule is CC(=O)N1CCC(NCC(=O)O)C1.Cl.Cl. The molecule has 2 N–H and O–H groups in total. The molecule has 1 aliphatic rings. The van der Waals surface area contributed by atoms with Crippen LogP contribution in [0.4, 0.5) is 0 Å². The minimum Gasteiger partial charge on any atom is -0.480 e. The van der Waals surface area contributed by atoms with Crippen molar-refractivity contribution in [2.75, 3.05) is 19.6 Å². The van der Waals surface area contributed by atoms with Crippen molar-refractivity contribution < 1.29 is 14.7 Å². The lowest BCUT2D eigenvalue weighted by atomic mass is 10.2. The molecule has 1 amide bonds. The van der Waals surface area contributed by atoms with Gasteiger partial charge in [0, 0.05) is 26.1 Å². The highest BCUT2D eigenvalue weighted by Crippen LogP contribution is 2.08. The molecule has 0 aromatic carbocycles. The van der Waals surface area contributed by atoms with Crippen LogP contribution in [-0.2, 0) is 9.59 Å². The van der Waals surface area contributed by atoms with Gasteiger partial charge in [0.2, 0.25) is 5.91 Å². The van der Waals surface area contributed by atoms with Crippen LogP contribution in [-0.4, -0.2) is 47.6 Å². The van der Waals surface area contributed by atoms with Crippen LogP contribution in [0.5, 0.6) is 0 Å². The molecule has 1 atom stereocenters. The Morgan fingerprint density at radius 3 is 2.47 bits per heavy atom. The van der Waals surface area contributed by atoms with Crippen molar-refractivity contribution in [1.29, 1.82) is 0 Å². The summed E-state index contributed by atoms with van der Waals surface area (Å²) in [7, 11) is 0. The summed E-state index contributed by atoms with van der Waals surface area (Å²) in [6.45, 7) is 2.85. The maximum atomic E-state index is 10.9. The van der Waals surface area contributed by atoms with E-state index < -0.39 is 5.97 Å². The average Bonchev–Trinajstić information content (AvgIpc) is 2.48. The van der Waals surface area contributed by atoms with E-state index in [2.05, 4.69) is 5.32 Å². The lowest BCUT2D eigenvalue weighted by molar-refractivity contribution is -0.136. The number of aliphatic carboxylic acids is 1. The van der Waals surface area contributed by atoms with Crippen molar-refractivity contribution in [2.24, 2.45) is 0 Å². The molecule has 1 unspecified atom stereocenters. The highest BCUT2D eigenvalue weighted by atomic mass is 35.5. The molecule has 1 saturated heterocycles. The fraction of sp³-hybridized carbons (Fsp3) is 0.750. The Kier molecular flexibility index (Phi) is 8.71. The van der Waals surface area contributed by atoms with E-state index in [9.17, 15) is 9.59 Å². The zero-order valence-corrected chi connectivity index (χ0v) is 10.1. The number of nitrogens with one attached hydrogen (secondary N) is 1. The third-order valence-electron chi connectivity index (χ3n) is 2.18. The fourth-order valence-corrected chi connectivity index (χ4v) is 1.44. The van der Waals surface area contributed by atoms with Gasteiger partial charge in [-0.3, -0.25) is 9.59 Å². The highest BCUT2D eigenvalue weighted by molar-refractivity contribution is 5.85. The van der Waals surface area contributed by atoms with Crippen LogP contribution >= 0.6 is 24.8 Å². The number of halogens is 2. The Morgan fingerprint density at radius 2 is 2.07 bits per heavy atom. The molecule has 0 aromatic heterocycles. The molecule has 1 rings (SSSR count). The standard InChI is InChI=1S/C8H14N2O3.2ClH/c1-6(11)10-3-2-7(5-10)9-4-8(12)13;;/h7,9H,2-5H2,1H3,(H,12,13);2*1H. The van der Waals surface area contributed by atoms with Gasteiger partial charge < -0.3 is 15.3 Å². The Labute approximate surface area is 101 Å². The van der Waals surface area contributed by atoms with Gasteiger partial charge in [-0.25, -0.2) is 0 Å². The van der Waals surface area contributed by atoms with Crippen LogP contribution in [0.3, 0.4) is 0 Å². The molecular formula is C8H16Cl2N2O3. The third kappa shape index (κ3) is 5.81. The summed E-state index contributed by atoms with van der Waals surface area (Å²) in [5.41, 5.74) is 0. The highest BCUT2D eigenvalue weighted by Gasteiger charge is 2.23. The molecular weight excluding hydrogens is 243 g/mol. The Hall–Kier alpha value is -0.520. The van der Waals surface area contributed by atoms with Gasteiger partial charge in [0.25, 0.3) is 0 Å². The van der Waals surface area contributed by atoms with Crippen LogP contribution in [0.2, 0.25) is 0 Å². The minimum absolute atomic E-state index is 0. The summed E-state index contributed by atoms with van der Waals surface area (Å²) in [6, 6.07) is 0.139. The van der Waals surface area contributed by atoms with E-state index in [-0.39, 0.29) is 43.3 Å². The van der Waals surface area contributed by atoms with Crippen LogP contribution in [0.15, 0.2) is 0 Å². The number of hydrogen-bond donors (Lipinski definition) is 2. The Bertz CT molecular complexity index is 226. The van der Waals surface area contributed by atoms with Crippen molar-refractivity contribution in [3.05, 3.63) is 0 Å². The van der Waals surface area contributed by atoms with Gasteiger partial charge in [-0.05, 0) is 6.42 Å². The largest absolute Gasteiger partial charge is 0.480 e. The maximum Gasteiger partial charge on any atom is 0.317 e. The predicted octanol–water partition coefficient (Wildman–Crippen LogP) is 0.125. The van der Waals surface area contributed by atoms with Crippen molar-refractivity contribution in [2.45, 2.75) is 19.4 Å². The average molecular weight is 259 g/mol. The van der Waals surface area contributed by atoms with Gasteiger partial charge >= 0.3 is 5.97 Å². The molecule has 1 heterocycles. The van der Waals surface area contributed by atoms with E-state index in [1.165, 1.54) is 6.92 Å². The van der Waals surface area contributed by atoms with Crippen molar-refractivity contribution in [3.8, 4) is 0 Å². The first-order valence-electron chi connectivity index (χ1n) is 4.30. The number of likely N-dealkylation sites (tertiary alicyclic amines) is 1. The number of nitrogens with zero attached hydrogens (tertiary/aromatic N) is 1. The molecule has 0 aromatic rings. The van der Waals surface area contributed by atoms with E-state index in [0.29, 0.717) is 6.54 Å². The predicted molar refractivity (Wildman–Crippen MR) is 60.8 cm³/mol. The van der Waals surface area contributed by atoms with Crippen LogP contribution < -0.4 is 5.32 Å². The zero-order valence-electron chi connectivity index (χ0n) is 8.43. The molecule has 1 aliphatic heterocycles. The zero-order chi connectivity index (χ0) is 9.84. The van der Waals surface area contributed by atoms with Gasteiger partial charge in [-0.15, -0.1) is 24.8 Å². The van der Waals surface area contributed by atoms with E-state index in [0.717, 1.165) is 13.0 Å². The monoisotopic (exact) mass is 258 g/mol. The van der Waals surface area contributed by atoms with Gasteiger partial charge in [0.05, 0.1) is 6.54 Å². The fourth-order valence-electron chi connectivity index (χ4n) is 1.44. The van der Waals surface area contributed by atoms with E-state index in [1.807, 2.05) is 0 Å². The van der Waals surface area contributed by atoms with Crippen molar-refractivity contribution >= 4 is 36.7 Å². The molecule has 0 saturated carbocycles. The second kappa shape index (κ2) is 7.73. The van der Waals surface area contributed by atoms with Gasteiger partial charge in [-0.2, -0.15) is 0 Å². The van der Waals surface area contributed by atoms with Crippen LogP contribution in [0.1, 0.15) is 13.3 Å². The molecule has 7 heteroatoms. The summed E-state index contributed by atoms with van der Waals surface area (Å²) < 4.78 is 0. The molecule has 1 fully saturated rings. The van der Waals surface area contributed by atoms with Gasteiger partial charge in [0.15, 0.2) is 0 Å².